The third kappa shape index (κ3) is 12.6. The summed E-state index contributed by atoms with van der Waals surface area (Å²) in [5.41, 5.74) is 11.1. The van der Waals surface area contributed by atoms with Crippen LogP contribution in [0, 0.1) is 13.8 Å². The van der Waals surface area contributed by atoms with E-state index in [2.05, 4.69) is 60.2 Å². The highest BCUT2D eigenvalue weighted by Crippen LogP contribution is 2.35. The van der Waals surface area contributed by atoms with E-state index in [1.165, 1.54) is 29.4 Å². The summed E-state index contributed by atoms with van der Waals surface area (Å²) in [5.74, 6) is 1.58. The second kappa shape index (κ2) is 23.1. The molecule has 2 aliphatic rings. The monoisotopic (exact) mass is 900 g/mol. The molecule has 338 valence electrons. The Labute approximate surface area is 381 Å². The fourth-order valence-electron chi connectivity index (χ4n) is 8.39. The van der Waals surface area contributed by atoms with Crippen LogP contribution in [-0.2, 0) is 49.9 Å². The minimum absolute atomic E-state index is 0. The zero-order valence-electron chi connectivity index (χ0n) is 35.0. The molecular weight excluding hydrogens is 839 g/mol. The van der Waals surface area contributed by atoms with Gasteiger partial charge in [-0.1, -0.05) is 74.5 Å². The van der Waals surface area contributed by atoms with E-state index in [4.69, 9.17) is 52.0 Å². The molecule has 10 nitrogen and oxygen atoms in total. The smallest absolute Gasteiger partial charge is 0.305 e. The van der Waals surface area contributed by atoms with E-state index in [1.54, 1.807) is 0 Å². The molecule has 0 saturated carbocycles. The van der Waals surface area contributed by atoms with Crippen molar-refractivity contribution in [3.05, 3.63) is 128 Å². The van der Waals surface area contributed by atoms with Gasteiger partial charge in [0.05, 0.1) is 30.0 Å². The highest BCUT2D eigenvalue weighted by atomic mass is 35.5. The first kappa shape index (κ1) is 49.0. The molecular formula is C51H62Cl2N2O8. The summed E-state index contributed by atoms with van der Waals surface area (Å²) in [4.78, 5) is 28.7. The van der Waals surface area contributed by atoms with Gasteiger partial charge in [-0.3, -0.25) is 9.59 Å². The average Bonchev–Trinajstić information content (AvgIpc) is 3.77. The van der Waals surface area contributed by atoms with Crippen LogP contribution in [0.5, 0.6) is 11.5 Å². The van der Waals surface area contributed by atoms with Crippen molar-refractivity contribution in [2.24, 2.45) is 0 Å². The van der Waals surface area contributed by atoms with Crippen LogP contribution in [-0.4, -0.2) is 60.6 Å². The Morgan fingerprint density at radius 3 is 1.48 bits per heavy atom. The van der Waals surface area contributed by atoms with Crippen LogP contribution < -0.4 is 9.47 Å². The fourth-order valence-corrected chi connectivity index (χ4v) is 8.99. The Morgan fingerprint density at radius 1 is 0.651 bits per heavy atom. The molecule has 2 saturated heterocycles. The van der Waals surface area contributed by atoms with Crippen molar-refractivity contribution in [2.75, 3.05) is 33.5 Å². The van der Waals surface area contributed by atoms with Gasteiger partial charge in [-0.05, 0) is 134 Å². The molecule has 6 aromatic rings. The zero-order valence-corrected chi connectivity index (χ0v) is 36.6. The van der Waals surface area contributed by atoms with Crippen molar-refractivity contribution in [1.82, 2.24) is 9.97 Å². The lowest BCUT2D eigenvalue weighted by molar-refractivity contribution is -0.140. The van der Waals surface area contributed by atoms with Crippen LogP contribution in [0.2, 0.25) is 10.0 Å². The van der Waals surface area contributed by atoms with Gasteiger partial charge < -0.3 is 38.8 Å². The number of carbonyl (C=O) groups excluding carboxylic acids is 1. The van der Waals surface area contributed by atoms with Crippen molar-refractivity contribution >= 4 is 56.9 Å². The number of hydrogen-bond donors (Lipinski definition) is 3. The number of nitrogens with one attached hydrogen (secondary N) is 2. The lowest BCUT2D eigenvalue weighted by atomic mass is 9.88. The average molecular weight is 902 g/mol. The maximum atomic E-state index is 11.4. The lowest BCUT2D eigenvalue weighted by Gasteiger charge is -2.24. The number of benzene rings is 4. The molecule has 4 aromatic carbocycles. The van der Waals surface area contributed by atoms with Crippen molar-refractivity contribution in [3.8, 4) is 11.5 Å². The van der Waals surface area contributed by atoms with Gasteiger partial charge in [0, 0.05) is 59.6 Å². The van der Waals surface area contributed by atoms with Gasteiger partial charge in [0.1, 0.15) is 24.7 Å². The summed E-state index contributed by atoms with van der Waals surface area (Å²) in [6.45, 7) is 8.71. The predicted octanol–water partition coefficient (Wildman–Crippen LogP) is 12.6. The second-order valence-electron chi connectivity index (χ2n) is 16.0. The Balaban J connectivity index is 0.000000230. The summed E-state index contributed by atoms with van der Waals surface area (Å²) < 4.78 is 27.7. The number of aromatic amines is 2. The second-order valence-corrected chi connectivity index (χ2v) is 16.7. The number of methoxy groups -OCH3 is 1. The highest BCUT2D eigenvalue weighted by Gasteiger charge is 2.20. The number of carbonyl (C=O) groups is 2. The van der Waals surface area contributed by atoms with Crippen molar-refractivity contribution < 1.29 is 38.4 Å². The van der Waals surface area contributed by atoms with Crippen molar-refractivity contribution in [1.29, 1.82) is 0 Å². The molecule has 8 rings (SSSR count). The van der Waals surface area contributed by atoms with Gasteiger partial charge in [0.25, 0.3) is 0 Å². The molecule has 0 radical (unpaired) electrons. The maximum Gasteiger partial charge on any atom is 0.305 e. The summed E-state index contributed by atoms with van der Waals surface area (Å²) in [6.07, 6.45) is 5.57. The number of aromatic nitrogens is 2. The van der Waals surface area contributed by atoms with Crippen LogP contribution in [0.3, 0.4) is 0 Å². The number of H-pyrrole nitrogens is 2. The van der Waals surface area contributed by atoms with Crippen molar-refractivity contribution in [2.45, 2.75) is 105 Å². The molecule has 0 amide bonds. The molecule has 0 bridgehead atoms. The number of ether oxygens (including phenoxy) is 5. The molecule has 63 heavy (non-hydrogen) atoms. The minimum atomic E-state index is -0.841. The predicted molar refractivity (Wildman–Crippen MR) is 253 cm³/mol. The summed E-state index contributed by atoms with van der Waals surface area (Å²) in [5, 5.41) is 11.8. The lowest BCUT2D eigenvalue weighted by Crippen LogP contribution is -2.15. The molecule has 3 N–H and O–H groups in total. The molecule has 4 heterocycles. The van der Waals surface area contributed by atoms with E-state index in [1.807, 2.05) is 36.4 Å². The highest BCUT2D eigenvalue weighted by molar-refractivity contribution is 6.37. The molecule has 0 aliphatic carbocycles. The first-order valence-electron chi connectivity index (χ1n) is 21.0. The number of hydrogen-bond acceptors (Lipinski definition) is 7. The van der Waals surface area contributed by atoms with Crippen LogP contribution >= 0.6 is 23.2 Å². The summed E-state index contributed by atoms with van der Waals surface area (Å²) in [7, 11) is 1.39. The molecule has 12 heteroatoms. The molecule has 2 aromatic heterocycles. The van der Waals surface area contributed by atoms with E-state index in [-0.39, 0.29) is 33.7 Å². The zero-order chi connectivity index (χ0) is 42.9. The van der Waals surface area contributed by atoms with Gasteiger partial charge in [-0.2, -0.15) is 0 Å². The number of carboxylic acid groups (broad SMARTS) is 1. The first-order valence-corrected chi connectivity index (χ1v) is 21.8. The summed E-state index contributed by atoms with van der Waals surface area (Å²) in [6, 6.07) is 24.7. The molecule has 2 fully saturated rings. The number of aryl methyl sites for hydroxylation is 4. The van der Waals surface area contributed by atoms with Crippen LogP contribution in [0.25, 0.3) is 21.8 Å². The standard InChI is InChI=1S/C25H28ClNO4.C24H26ClNO4.2CH4/c1-16-13-17(3-5-20(16)18-9-11-30-12-10-18)15-31-19-4-6-22-21(14-19)25(26)23(27-22)7-8-24(28)29-2;1-15-12-16(2-4-19(15)17-8-10-29-11-9-17)14-30-18-3-5-21-20(13-18)24(25)22(26-21)6-7-23(27)28;;/h3-6,13-14,18,27H,7-12,15H2,1-2H3;2-5,12-13,17,26H,6-11,14H2,1H3,(H,27,28);2*1H4. The van der Waals surface area contributed by atoms with Gasteiger partial charge in [-0.25, -0.2) is 0 Å². The van der Waals surface area contributed by atoms with Crippen LogP contribution in [0.1, 0.15) is 110 Å². The van der Waals surface area contributed by atoms with Gasteiger partial charge in [-0.15, -0.1) is 0 Å². The molecule has 0 unspecified atom stereocenters. The Kier molecular flexibility index (Phi) is 18.0. The summed E-state index contributed by atoms with van der Waals surface area (Å²) >= 11 is 13.0. The maximum absolute atomic E-state index is 11.4. The number of carboxylic acids is 1. The Bertz CT molecular complexity index is 2460. The minimum Gasteiger partial charge on any atom is -0.489 e. The number of rotatable bonds is 14. The topological polar surface area (TPSA) is 132 Å². The van der Waals surface area contributed by atoms with Gasteiger partial charge in [0.15, 0.2) is 0 Å². The van der Waals surface area contributed by atoms with E-state index in [0.717, 1.165) is 108 Å². The Morgan fingerprint density at radius 2 is 1.08 bits per heavy atom. The third-order valence-electron chi connectivity index (χ3n) is 11.8. The first-order chi connectivity index (χ1) is 29.6. The molecule has 2 aliphatic heterocycles. The quantitative estimate of drug-likeness (QED) is 0.0921. The largest absolute Gasteiger partial charge is 0.489 e. The van der Waals surface area contributed by atoms with Crippen molar-refractivity contribution in [3.63, 3.8) is 0 Å². The van der Waals surface area contributed by atoms with E-state index in [0.29, 0.717) is 47.9 Å². The van der Waals surface area contributed by atoms with E-state index < -0.39 is 5.97 Å². The fraction of sp³-hybridized carbons (Fsp3) is 0.412. The number of aliphatic carboxylic acids is 1. The van der Waals surface area contributed by atoms with E-state index >= 15 is 0 Å². The number of halogens is 2. The molecule has 0 atom stereocenters. The van der Waals surface area contributed by atoms with Gasteiger partial charge >= 0.3 is 11.9 Å². The Hall–Kier alpha value is -5.00. The number of fused-ring (bicyclic) bond motifs is 2. The third-order valence-corrected chi connectivity index (χ3v) is 12.6. The number of esters is 1. The normalized spacial score (nSPS) is 14.3. The van der Waals surface area contributed by atoms with Crippen LogP contribution in [0.15, 0.2) is 72.8 Å². The van der Waals surface area contributed by atoms with E-state index in [9.17, 15) is 9.59 Å². The SMILES string of the molecule is C.C.COC(=O)CCc1[nH]c2ccc(OCc3ccc(C4CCOCC4)c(C)c3)cc2c1Cl.Cc1cc(COc2ccc3[nH]c(CCC(=O)O)c(Cl)c3c2)ccc1C1CCOCC1. The van der Waals surface area contributed by atoms with Gasteiger partial charge in [0.2, 0.25) is 0 Å². The molecule has 0 spiro atoms. The van der Waals surface area contributed by atoms with Crippen LogP contribution in [0.4, 0.5) is 0 Å².